The monoisotopic (exact) mass is 236 g/mol. The number of rotatable bonds is 2. The predicted octanol–water partition coefficient (Wildman–Crippen LogP) is 3.20. The van der Waals surface area contributed by atoms with Crippen LogP contribution in [0.4, 0.5) is 0 Å². The van der Waals surface area contributed by atoms with Crippen molar-refractivity contribution in [2.24, 2.45) is 0 Å². The first kappa shape index (κ1) is 10.8. The van der Waals surface area contributed by atoms with Crippen molar-refractivity contribution in [3.8, 4) is 5.75 Å². The molecule has 0 saturated heterocycles. The Bertz CT molecular complexity index is 563. The van der Waals surface area contributed by atoms with Gasteiger partial charge in [0.15, 0.2) is 0 Å². The molecule has 0 aliphatic heterocycles. The first-order valence-electron chi connectivity index (χ1n) is 4.63. The van der Waals surface area contributed by atoms with E-state index < -0.39 is 5.97 Å². The molecule has 0 atom stereocenters. The lowest BCUT2D eigenvalue weighted by molar-refractivity contribution is 0.0697. The average molecular weight is 237 g/mol. The standard InChI is InChI=1S/C12H9ClO3/c1-16-10-5-3-7-6-8(12(14)15)2-4-9(7)11(10)13/h2-6H,1H3,(H,14,15). The van der Waals surface area contributed by atoms with Gasteiger partial charge in [0, 0.05) is 5.39 Å². The summed E-state index contributed by atoms with van der Waals surface area (Å²) in [5.41, 5.74) is 0.244. The molecule has 0 heterocycles. The highest BCUT2D eigenvalue weighted by molar-refractivity contribution is 6.37. The van der Waals surface area contributed by atoms with Gasteiger partial charge in [-0.3, -0.25) is 0 Å². The molecule has 0 aromatic heterocycles. The third kappa shape index (κ3) is 1.70. The molecule has 2 aromatic carbocycles. The first-order chi connectivity index (χ1) is 7.63. The second-order valence-electron chi connectivity index (χ2n) is 3.32. The topological polar surface area (TPSA) is 46.5 Å². The van der Waals surface area contributed by atoms with Gasteiger partial charge in [-0.25, -0.2) is 4.79 Å². The fourth-order valence-corrected chi connectivity index (χ4v) is 1.87. The Morgan fingerprint density at radius 3 is 2.69 bits per heavy atom. The summed E-state index contributed by atoms with van der Waals surface area (Å²) >= 11 is 6.10. The molecule has 0 saturated carbocycles. The molecule has 2 rings (SSSR count). The molecule has 0 amide bonds. The summed E-state index contributed by atoms with van der Waals surface area (Å²) in [6.45, 7) is 0. The molecule has 4 heteroatoms. The Hall–Kier alpha value is -1.74. The van der Waals surface area contributed by atoms with Gasteiger partial charge in [-0.05, 0) is 23.6 Å². The summed E-state index contributed by atoms with van der Waals surface area (Å²) < 4.78 is 5.08. The highest BCUT2D eigenvalue weighted by atomic mass is 35.5. The van der Waals surface area contributed by atoms with E-state index in [2.05, 4.69) is 0 Å². The summed E-state index contributed by atoms with van der Waals surface area (Å²) in [5, 5.41) is 10.9. The Labute approximate surface area is 97.2 Å². The van der Waals surface area contributed by atoms with E-state index in [1.807, 2.05) is 0 Å². The predicted molar refractivity (Wildman–Crippen MR) is 62.5 cm³/mol. The lowest BCUT2D eigenvalue weighted by Gasteiger charge is -2.06. The minimum absolute atomic E-state index is 0.244. The van der Waals surface area contributed by atoms with Crippen LogP contribution in [0.15, 0.2) is 30.3 Å². The zero-order chi connectivity index (χ0) is 11.7. The minimum atomic E-state index is -0.950. The van der Waals surface area contributed by atoms with Gasteiger partial charge in [-0.15, -0.1) is 0 Å². The number of benzene rings is 2. The smallest absolute Gasteiger partial charge is 0.335 e. The normalized spacial score (nSPS) is 10.4. The zero-order valence-electron chi connectivity index (χ0n) is 8.53. The highest BCUT2D eigenvalue weighted by Crippen LogP contribution is 2.32. The van der Waals surface area contributed by atoms with E-state index in [1.54, 1.807) is 31.4 Å². The molecule has 0 radical (unpaired) electrons. The molecule has 82 valence electrons. The van der Waals surface area contributed by atoms with Gasteiger partial charge >= 0.3 is 5.97 Å². The molecule has 16 heavy (non-hydrogen) atoms. The number of carboxylic acids is 1. The molecular formula is C12H9ClO3. The van der Waals surface area contributed by atoms with Gasteiger partial charge in [0.25, 0.3) is 0 Å². The molecule has 3 nitrogen and oxygen atoms in total. The van der Waals surface area contributed by atoms with Crippen LogP contribution in [0.25, 0.3) is 10.8 Å². The third-order valence-corrected chi connectivity index (χ3v) is 2.78. The Morgan fingerprint density at radius 1 is 1.31 bits per heavy atom. The van der Waals surface area contributed by atoms with E-state index in [-0.39, 0.29) is 5.56 Å². The van der Waals surface area contributed by atoms with Crippen LogP contribution >= 0.6 is 11.6 Å². The van der Waals surface area contributed by atoms with E-state index >= 15 is 0 Å². The van der Waals surface area contributed by atoms with Crippen LogP contribution in [0.5, 0.6) is 5.75 Å². The number of methoxy groups -OCH3 is 1. The highest BCUT2D eigenvalue weighted by Gasteiger charge is 2.08. The van der Waals surface area contributed by atoms with Gasteiger partial charge in [0.1, 0.15) is 5.75 Å². The maximum Gasteiger partial charge on any atom is 0.335 e. The minimum Gasteiger partial charge on any atom is -0.495 e. The SMILES string of the molecule is COc1ccc2cc(C(=O)O)ccc2c1Cl. The fourth-order valence-electron chi connectivity index (χ4n) is 1.56. The van der Waals surface area contributed by atoms with Crippen molar-refractivity contribution in [2.45, 2.75) is 0 Å². The van der Waals surface area contributed by atoms with Crippen molar-refractivity contribution in [1.82, 2.24) is 0 Å². The third-order valence-electron chi connectivity index (χ3n) is 2.39. The number of carbonyl (C=O) groups is 1. The van der Waals surface area contributed by atoms with Crippen LogP contribution in [0.2, 0.25) is 5.02 Å². The number of aromatic carboxylic acids is 1. The Morgan fingerprint density at radius 2 is 2.06 bits per heavy atom. The summed E-state index contributed by atoms with van der Waals surface area (Å²) in [5.74, 6) is -0.369. The first-order valence-corrected chi connectivity index (χ1v) is 5.01. The summed E-state index contributed by atoms with van der Waals surface area (Å²) in [6.07, 6.45) is 0. The van der Waals surface area contributed by atoms with Gasteiger partial charge in [-0.1, -0.05) is 23.7 Å². The second-order valence-corrected chi connectivity index (χ2v) is 3.70. The number of carboxylic acid groups (broad SMARTS) is 1. The van der Waals surface area contributed by atoms with Crippen molar-refractivity contribution in [2.75, 3.05) is 7.11 Å². The number of ether oxygens (including phenoxy) is 1. The van der Waals surface area contributed by atoms with Gasteiger partial charge in [-0.2, -0.15) is 0 Å². The quantitative estimate of drug-likeness (QED) is 0.871. The van der Waals surface area contributed by atoms with E-state index in [0.717, 1.165) is 10.8 Å². The van der Waals surface area contributed by atoms with E-state index in [0.29, 0.717) is 10.8 Å². The molecule has 0 spiro atoms. The van der Waals surface area contributed by atoms with Crippen LogP contribution in [0, 0.1) is 0 Å². The van der Waals surface area contributed by atoms with Crippen LogP contribution in [0.1, 0.15) is 10.4 Å². The van der Waals surface area contributed by atoms with E-state index in [1.165, 1.54) is 6.07 Å². The summed E-state index contributed by atoms with van der Waals surface area (Å²) in [7, 11) is 1.54. The van der Waals surface area contributed by atoms with Gasteiger partial charge < -0.3 is 9.84 Å². The molecule has 1 N–H and O–H groups in total. The number of fused-ring (bicyclic) bond motifs is 1. The number of halogens is 1. The maximum absolute atomic E-state index is 10.8. The lowest BCUT2D eigenvalue weighted by atomic mass is 10.1. The molecule has 0 aliphatic rings. The Balaban J connectivity index is 2.69. The van der Waals surface area contributed by atoms with Crippen molar-refractivity contribution in [3.05, 3.63) is 40.9 Å². The van der Waals surface area contributed by atoms with E-state index in [4.69, 9.17) is 21.4 Å². The van der Waals surface area contributed by atoms with Crippen LogP contribution < -0.4 is 4.74 Å². The van der Waals surface area contributed by atoms with Crippen LogP contribution in [-0.4, -0.2) is 18.2 Å². The second kappa shape index (κ2) is 4.02. The van der Waals surface area contributed by atoms with Crippen molar-refractivity contribution >= 4 is 28.3 Å². The Kier molecular flexibility index (Phi) is 2.71. The molecule has 0 unspecified atom stereocenters. The molecule has 0 bridgehead atoms. The fraction of sp³-hybridized carbons (Fsp3) is 0.0833. The largest absolute Gasteiger partial charge is 0.495 e. The maximum atomic E-state index is 10.8. The number of hydrogen-bond acceptors (Lipinski definition) is 2. The zero-order valence-corrected chi connectivity index (χ0v) is 9.28. The molecular weight excluding hydrogens is 228 g/mol. The molecule has 0 aliphatic carbocycles. The van der Waals surface area contributed by atoms with Gasteiger partial charge in [0.05, 0.1) is 17.7 Å². The van der Waals surface area contributed by atoms with Gasteiger partial charge in [0.2, 0.25) is 0 Å². The summed E-state index contributed by atoms with van der Waals surface area (Å²) in [4.78, 5) is 10.8. The number of hydrogen-bond donors (Lipinski definition) is 1. The lowest BCUT2D eigenvalue weighted by Crippen LogP contribution is -1.95. The molecule has 0 fully saturated rings. The van der Waals surface area contributed by atoms with E-state index in [9.17, 15) is 4.79 Å². The summed E-state index contributed by atoms with van der Waals surface area (Å²) in [6, 6.07) is 8.30. The van der Waals surface area contributed by atoms with Crippen LogP contribution in [-0.2, 0) is 0 Å². The van der Waals surface area contributed by atoms with Crippen molar-refractivity contribution < 1.29 is 14.6 Å². The van der Waals surface area contributed by atoms with Crippen LogP contribution in [0.3, 0.4) is 0 Å². The molecule has 2 aromatic rings. The van der Waals surface area contributed by atoms with Crippen molar-refractivity contribution in [3.63, 3.8) is 0 Å². The average Bonchev–Trinajstić information content (AvgIpc) is 2.29. The van der Waals surface area contributed by atoms with Crippen molar-refractivity contribution in [1.29, 1.82) is 0 Å².